The fraction of sp³-hybridized carbons (Fsp3) is 0.500. The Morgan fingerprint density at radius 1 is 0.967 bits per heavy atom. The first kappa shape index (κ1) is 25.1. The molecule has 0 fully saturated rings. The molecule has 30 heavy (non-hydrogen) atoms. The highest BCUT2D eigenvalue weighted by Gasteiger charge is 2.27. The van der Waals surface area contributed by atoms with E-state index in [1.54, 1.807) is 24.3 Å². The second-order valence-electron chi connectivity index (χ2n) is 7.00. The van der Waals surface area contributed by atoms with Crippen molar-refractivity contribution in [2.75, 3.05) is 13.1 Å². The van der Waals surface area contributed by atoms with Crippen LogP contribution in [0.4, 0.5) is 0 Å². The minimum atomic E-state index is -1.20. The van der Waals surface area contributed by atoms with Crippen LogP contribution in [-0.4, -0.2) is 60.0 Å². The lowest BCUT2D eigenvalue weighted by Crippen LogP contribution is -2.56. The average Bonchev–Trinajstić information content (AvgIpc) is 2.71. The number of carbonyl (C=O) groups excluding carboxylic acids is 3. The zero-order valence-corrected chi connectivity index (χ0v) is 17.1. The molecular weight excluding hydrogens is 390 g/mol. The number of nitrogens with two attached hydrogens (primary N) is 2. The van der Waals surface area contributed by atoms with Crippen LogP contribution in [0.25, 0.3) is 0 Å². The van der Waals surface area contributed by atoms with Crippen LogP contribution in [0, 0.1) is 0 Å². The van der Waals surface area contributed by atoms with Crippen molar-refractivity contribution in [2.45, 2.75) is 50.7 Å². The van der Waals surface area contributed by atoms with Gasteiger partial charge in [0, 0.05) is 6.42 Å². The standard InChI is InChI=1S/C20H31N5O5/c1-13(22)18(28)24-15(9-5-6-10-21)20(30)25-16(19(29)23-12-17(26)27)11-14-7-3-2-4-8-14/h2-4,7-8,13,15-16H,5-6,9-12,21-22H2,1H3,(H,23,29)(H,24,28)(H,25,30)(H,26,27). The summed E-state index contributed by atoms with van der Waals surface area (Å²) in [6.45, 7) is 1.38. The highest BCUT2D eigenvalue weighted by atomic mass is 16.4. The molecule has 0 radical (unpaired) electrons. The van der Waals surface area contributed by atoms with Crippen molar-refractivity contribution >= 4 is 23.7 Å². The third-order valence-corrected chi connectivity index (χ3v) is 4.32. The number of benzene rings is 1. The van der Waals surface area contributed by atoms with Gasteiger partial charge in [-0.05, 0) is 38.3 Å². The van der Waals surface area contributed by atoms with E-state index >= 15 is 0 Å². The molecule has 3 unspecified atom stereocenters. The molecule has 1 aromatic rings. The molecule has 166 valence electrons. The molecule has 3 amide bonds. The van der Waals surface area contributed by atoms with E-state index in [9.17, 15) is 19.2 Å². The van der Waals surface area contributed by atoms with E-state index < -0.39 is 48.4 Å². The number of hydrogen-bond acceptors (Lipinski definition) is 6. The summed E-state index contributed by atoms with van der Waals surface area (Å²) in [4.78, 5) is 48.1. The predicted molar refractivity (Wildman–Crippen MR) is 111 cm³/mol. The summed E-state index contributed by atoms with van der Waals surface area (Å²) >= 11 is 0. The molecule has 0 aliphatic heterocycles. The third kappa shape index (κ3) is 9.48. The maximum absolute atomic E-state index is 12.8. The first-order valence-electron chi connectivity index (χ1n) is 9.84. The van der Waals surface area contributed by atoms with Crippen LogP contribution in [0.15, 0.2) is 30.3 Å². The molecular formula is C20H31N5O5. The summed E-state index contributed by atoms with van der Waals surface area (Å²) < 4.78 is 0. The largest absolute Gasteiger partial charge is 0.480 e. The van der Waals surface area contributed by atoms with Crippen molar-refractivity contribution in [1.82, 2.24) is 16.0 Å². The molecule has 3 atom stereocenters. The molecule has 0 saturated heterocycles. The molecule has 10 heteroatoms. The summed E-state index contributed by atoms with van der Waals surface area (Å²) in [6, 6.07) is 6.29. The van der Waals surface area contributed by atoms with Crippen molar-refractivity contribution in [1.29, 1.82) is 0 Å². The molecule has 10 nitrogen and oxygen atoms in total. The Labute approximate surface area is 175 Å². The first-order chi connectivity index (χ1) is 14.2. The van der Waals surface area contributed by atoms with Gasteiger partial charge in [0.05, 0.1) is 6.04 Å². The Kier molecular flexibility index (Phi) is 11.1. The first-order valence-corrected chi connectivity index (χ1v) is 9.84. The van der Waals surface area contributed by atoms with Crippen molar-refractivity contribution in [3.05, 3.63) is 35.9 Å². The third-order valence-electron chi connectivity index (χ3n) is 4.32. The Bertz CT molecular complexity index is 711. The van der Waals surface area contributed by atoms with Crippen LogP contribution in [0.3, 0.4) is 0 Å². The molecule has 0 spiro atoms. The van der Waals surface area contributed by atoms with Crippen LogP contribution in [0.2, 0.25) is 0 Å². The minimum Gasteiger partial charge on any atom is -0.480 e. The summed E-state index contributed by atoms with van der Waals surface area (Å²) in [5.41, 5.74) is 11.9. The van der Waals surface area contributed by atoms with Gasteiger partial charge in [0.2, 0.25) is 17.7 Å². The molecule has 0 saturated carbocycles. The molecule has 0 heterocycles. The van der Waals surface area contributed by atoms with Gasteiger partial charge < -0.3 is 32.5 Å². The minimum absolute atomic E-state index is 0.161. The van der Waals surface area contributed by atoms with E-state index in [1.807, 2.05) is 6.07 Å². The van der Waals surface area contributed by atoms with Crippen LogP contribution >= 0.6 is 0 Å². The highest BCUT2D eigenvalue weighted by molar-refractivity contribution is 5.93. The van der Waals surface area contributed by atoms with Crippen molar-refractivity contribution in [3.8, 4) is 0 Å². The maximum atomic E-state index is 12.8. The number of rotatable bonds is 13. The fourth-order valence-corrected chi connectivity index (χ4v) is 2.68. The number of carboxylic acid groups (broad SMARTS) is 1. The molecule has 0 aliphatic carbocycles. The van der Waals surface area contributed by atoms with Gasteiger partial charge in [-0.25, -0.2) is 0 Å². The fourth-order valence-electron chi connectivity index (χ4n) is 2.68. The summed E-state index contributed by atoms with van der Waals surface area (Å²) in [5.74, 6) is -2.86. The lowest BCUT2D eigenvalue weighted by atomic mass is 10.0. The number of nitrogens with one attached hydrogen (secondary N) is 3. The number of carbonyl (C=O) groups is 4. The summed E-state index contributed by atoms with van der Waals surface area (Å²) in [5, 5.41) is 16.3. The van der Waals surface area contributed by atoms with Gasteiger partial charge in [0.15, 0.2) is 0 Å². The number of hydrogen-bond donors (Lipinski definition) is 6. The predicted octanol–water partition coefficient (Wildman–Crippen LogP) is -1.12. The normalized spacial score (nSPS) is 13.6. The van der Waals surface area contributed by atoms with E-state index in [0.717, 1.165) is 5.56 Å². The van der Waals surface area contributed by atoms with E-state index in [0.29, 0.717) is 25.8 Å². The lowest BCUT2D eigenvalue weighted by molar-refractivity contribution is -0.138. The van der Waals surface area contributed by atoms with Crippen molar-refractivity contribution in [2.24, 2.45) is 11.5 Å². The molecule has 0 aromatic heterocycles. The van der Waals surface area contributed by atoms with Crippen LogP contribution in [0.5, 0.6) is 0 Å². The number of carboxylic acids is 1. The van der Waals surface area contributed by atoms with Crippen molar-refractivity contribution in [3.63, 3.8) is 0 Å². The Balaban J connectivity index is 2.93. The van der Waals surface area contributed by atoms with Gasteiger partial charge in [-0.3, -0.25) is 19.2 Å². The highest BCUT2D eigenvalue weighted by Crippen LogP contribution is 2.06. The van der Waals surface area contributed by atoms with E-state index in [2.05, 4.69) is 16.0 Å². The Hall–Kier alpha value is -2.98. The SMILES string of the molecule is CC(N)C(=O)NC(CCCCN)C(=O)NC(Cc1ccccc1)C(=O)NCC(=O)O. The van der Waals surface area contributed by atoms with Gasteiger partial charge in [-0.2, -0.15) is 0 Å². The van der Waals surface area contributed by atoms with E-state index in [-0.39, 0.29) is 6.42 Å². The zero-order chi connectivity index (χ0) is 22.5. The summed E-state index contributed by atoms with van der Waals surface area (Å²) in [7, 11) is 0. The van der Waals surface area contributed by atoms with Gasteiger partial charge in [-0.1, -0.05) is 30.3 Å². The topological polar surface area (TPSA) is 177 Å². The quantitative estimate of drug-likeness (QED) is 0.218. The number of unbranched alkanes of at least 4 members (excludes halogenated alkanes) is 1. The second-order valence-corrected chi connectivity index (χ2v) is 7.00. The molecule has 1 aromatic carbocycles. The lowest BCUT2D eigenvalue weighted by Gasteiger charge is -2.24. The molecule has 1 rings (SSSR count). The maximum Gasteiger partial charge on any atom is 0.322 e. The van der Waals surface area contributed by atoms with Crippen LogP contribution in [0.1, 0.15) is 31.7 Å². The second kappa shape index (κ2) is 13.3. The smallest absolute Gasteiger partial charge is 0.322 e. The van der Waals surface area contributed by atoms with Gasteiger partial charge in [-0.15, -0.1) is 0 Å². The Morgan fingerprint density at radius 2 is 1.60 bits per heavy atom. The molecule has 0 bridgehead atoms. The van der Waals surface area contributed by atoms with E-state index in [4.69, 9.17) is 16.6 Å². The monoisotopic (exact) mass is 421 g/mol. The van der Waals surface area contributed by atoms with Gasteiger partial charge in [0.1, 0.15) is 18.6 Å². The van der Waals surface area contributed by atoms with Crippen molar-refractivity contribution < 1.29 is 24.3 Å². The summed E-state index contributed by atoms with van der Waals surface area (Å²) in [6.07, 6.45) is 1.76. The number of amides is 3. The van der Waals surface area contributed by atoms with Gasteiger partial charge in [0.25, 0.3) is 0 Å². The Morgan fingerprint density at radius 3 is 2.17 bits per heavy atom. The van der Waals surface area contributed by atoms with E-state index in [1.165, 1.54) is 6.92 Å². The zero-order valence-electron chi connectivity index (χ0n) is 17.1. The van der Waals surface area contributed by atoms with Crippen LogP contribution in [-0.2, 0) is 25.6 Å². The average molecular weight is 421 g/mol. The molecule has 8 N–H and O–H groups in total. The number of aliphatic carboxylic acids is 1. The molecule has 0 aliphatic rings. The van der Waals surface area contributed by atoms with Crippen LogP contribution < -0.4 is 27.4 Å². The van der Waals surface area contributed by atoms with Gasteiger partial charge >= 0.3 is 5.97 Å².